The van der Waals surface area contributed by atoms with Gasteiger partial charge in [-0.1, -0.05) is 13.3 Å². The van der Waals surface area contributed by atoms with E-state index < -0.39 is 6.10 Å². The van der Waals surface area contributed by atoms with Gasteiger partial charge in [0.1, 0.15) is 11.9 Å². The number of hydrogen-bond donors (Lipinski definition) is 2. The summed E-state index contributed by atoms with van der Waals surface area (Å²) < 4.78 is 5.28. The molecule has 0 saturated carbocycles. The molecule has 0 aliphatic carbocycles. The highest BCUT2D eigenvalue weighted by Crippen LogP contribution is 2.28. The predicted molar refractivity (Wildman–Crippen MR) is 64.1 cm³/mol. The highest BCUT2D eigenvalue weighted by Gasteiger charge is 2.23. The van der Waals surface area contributed by atoms with Crippen LogP contribution in [0.4, 0.5) is 5.82 Å². The molecule has 1 heterocycles. The summed E-state index contributed by atoms with van der Waals surface area (Å²) in [6.07, 6.45) is 2.46. The van der Waals surface area contributed by atoms with Crippen LogP contribution in [0.3, 0.4) is 0 Å². The van der Waals surface area contributed by atoms with Crippen LogP contribution in [-0.2, 0) is 4.74 Å². The van der Waals surface area contributed by atoms with Crippen molar-refractivity contribution in [2.45, 2.75) is 38.9 Å². The first kappa shape index (κ1) is 12.9. The van der Waals surface area contributed by atoms with Crippen LogP contribution in [-0.4, -0.2) is 23.3 Å². The van der Waals surface area contributed by atoms with Crippen LogP contribution in [0.5, 0.6) is 0 Å². The second-order valence-corrected chi connectivity index (χ2v) is 3.93. The second-order valence-electron chi connectivity index (χ2n) is 3.93. The third-order valence-corrected chi connectivity index (χ3v) is 2.76. The van der Waals surface area contributed by atoms with Crippen LogP contribution in [0.25, 0.3) is 0 Å². The summed E-state index contributed by atoms with van der Waals surface area (Å²) in [6.45, 7) is 3.97. The van der Waals surface area contributed by atoms with Crippen molar-refractivity contribution in [3.05, 3.63) is 23.4 Å². The van der Waals surface area contributed by atoms with E-state index in [-0.39, 0.29) is 6.10 Å². The number of aromatic nitrogens is 1. The molecule has 0 aliphatic rings. The maximum absolute atomic E-state index is 10.2. The van der Waals surface area contributed by atoms with Gasteiger partial charge >= 0.3 is 0 Å². The van der Waals surface area contributed by atoms with Gasteiger partial charge in [-0.15, -0.1) is 0 Å². The van der Waals surface area contributed by atoms with E-state index in [4.69, 9.17) is 10.5 Å². The van der Waals surface area contributed by atoms with Gasteiger partial charge in [-0.3, -0.25) is 0 Å². The van der Waals surface area contributed by atoms with Crippen molar-refractivity contribution in [3.63, 3.8) is 0 Å². The molecule has 3 N–H and O–H groups in total. The number of nitrogens with two attached hydrogens (primary N) is 1. The van der Waals surface area contributed by atoms with Gasteiger partial charge in [0.2, 0.25) is 0 Å². The minimum Gasteiger partial charge on any atom is -0.386 e. The quantitative estimate of drug-likeness (QED) is 0.800. The Morgan fingerprint density at radius 2 is 2.25 bits per heavy atom. The van der Waals surface area contributed by atoms with E-state index in [9.17, 15) is 5.11 Å². The molecule has 1 aromatic heterocycles. The zero-order valence-electron chi connectivity index (χ0n) is 10.1. The molecule has 1 aromatic rings. The Kier molecular flexibility index (Phi) is 4.71. The smallest absolute Gasteiger partial charge is 0.129 e. The molecule has 1 rings (SSSR count). The lowest BCUT2D eigenvalue weighted by molar-refractivity contribution is -0.0180. The Hall–Kier alpha value is -1.13. The lowest BCUT2D eigenvalue weighted by Gasteiger charge is -2.23. The number of aryl methyl sites for hydroxylation is 1. The molecule has 16 heavy (non-hydrogen) atoms. The summed E-state index contributed by atoms with van der Waals surface area (Å²) in [6, 6.07) is 1.84. The molecule has 0 bridgehead atoms. The van der Waals surface area contributed by atoms with E-state index >= 15 is 0 Å². The third kappa shape index (κ3) is 2.71. The normalized spacial score (nSPS) is 14.8. The first-order valence-electron chi connectivity index (χ1n) is 5.53. The van der Waals surface area contributed by atoms with Gasteiger partial charge in [-0.05, 0) is 25.0 Å². The van der Waals surface area contributed by atoms with Gasteiger partial charge < -0.3 is 15.6 Å². The van der Waals surface area contributed by atoms with Crippen molar-refractivity contribution < 1.29 is 9.84 Å². The van der Waals surface area contributed by atoms with Gasteiger partial charge in [-0.25, -0.2) is 4.98 Å². The molecule has 2 atom stereocenters. The second kappa shape index (κ2) is 5.82. The molecule has 4 heteroatoms. The number of nitrogen functional groups attached to an aromatic ring is 1. The van der Waals surface area contributed by atoms with Crippen molar-refractivity contribution in [2.75, 3.05) is 12.8 Å². The topological polar surface area (TPSA) is 68.4 Å². The number of anilines is 1. The fourth-order valence-corrected chi connectivity index (χ4v) is 1.85. The average Bonchev–Trinajstić information content (AvgIpc) is 2.25. The fraction of sp³-hybridized carbons (Fsp3) is 0.583. The number of nitrogens with zero attached hydrogens (tertiary/aromatic N) is 1. The third-order valence-electron chi connectivity index (χ3n) is 2.76. The van der Waals surface area contributed by atoms with Crippen LogP contribution in [0.15, 0.2) is 12.3 Å². The molecule has 90 valence electrons. The van der Waals surface area contributed by atoms with Gasteiger partial charge in [0.15, 0.2) is 0 Å². The van der Waals surface area contributed by atoms with Crippen LogP contribution >= 0.6 is 0 Å². The fourth-order valence-electron chi connectivity index (χ4n) is 1.85. The lowest BCUT2D eigenvalue weighted by Crippen LogP contribution is -2.22. The SMILES string of the molecule is CCCC(OC)C(O)c1c(C)ccnc1N. The summed E-state index contributed by atoms with van der Waals surface area (Å²) in [5.74, 6) is 0.380. The Balaban J connectivity index is 2.98. The highest BCUT2D eigenvalue weighted by atomic mass is 16.5. The monoisotopic (exact) mass is 224 g/mol. The van der Waals surface area contributed by atoms with Crippen molar-refractivity contribution in [1.29, 1.82) is 0 Å². The minimum atomic E-state index is -0.710. The van der Waals surface area contributed by atoms with Crippen LogP contribution in [0, 0.1) is 6.92 Å². The standard InChI is InChI=1S/C12H20N2O2/c1-4-5-9(16-3)11(15)10-8(2)6-7-14-12(10)13/h6-7,9,11,15H,4-5H2,1-3H3,(H2,13,14). The Morgan fingerprint density at radius 3 is 2.75 bits per heavy atom. The number of aliphatic hydroxyl groups is 1. The number of pyridine rings is 1. The van der Waals surface area contributed by atoms with E-state index in [0.717, 1.165) is 18.4 Å². The van der Waals surface area contributed by atoms with Crippen molar-refractivity contribution in [1.82, 2.24) is 4.98 Å². The molecule has 0 fully saturated rings. The van der Waals surface area contributed by atoms with E-state index in [1.54, 1.807) is 13.3 Å². The first-order valence-corrected chi connectivity index (χ1v) is 5.53. The molecule has 0 amide bonds. The number of rotatable bonds is 5. The molecule has 0 aliphatic heterocycles. The summed E-state index contributed by atoms with van der Waals surface area (Å²) in [5, 5.41) is 10.2. The van der Waals surface area contributed by atoms with E-state index in [1.165, 1.54) is 0 Å². The summed E-state index contributed by atoms with van der Waals surface area (Å²) in [7, 11) is 1.60. The van der Waals surface area contributed by atoms with Crippen molar-refractivity contribution in [3.8, 4) is 0 Å². The summed E-state index contributed by atoms with van der Waals surface area (Å²) in [5.41, 5.74) is 7.41. The maximum atomic E-state index is 10.2. The summed E-state index contributed by atoms with van der Waals surface area (Å²) in [4.78, 5) is 4.00. The number of ether oxygens (including phenoxy) is 1. The Bertz CT molecular complexity index is 322. The first-order chi connectivity index (χ1) is 7.61. The number of methoxy groups -OCH3 is 1. The highest BCUT2D eigenvalue weighted by molar-refractivity contribution is 5.45. The van der Waals surface area contributed by atoms with Crippen LogP contribution in [0.1, 0.15) is 37.0 Å². The Labute approximate surface area is 96.5 Å². The molecule has 4 nitrogen and oxygen atoms in total. The van der Waals surface area contributed by atoms with Gasteiger partial charge in [-0.2, -0.15) is 0 Å². The number of aliphatic hydroxyl groups excluding tert-OH is 1. The zero-order valence-corrected chi connectivity index (χ0v) is 10.1. The van der Waals surface area contributed by atoms with Crippen molar-refractivity contribution >= 4 is 5.82 Å². The molecule has 0 spiro atoms. The Morgan fingerprint density at radius 1 is 1.56 bits per heavy atom. The predicted octanol–water partition coefficient (Wildman–Crippen LogP) is 1.82. The molecule has 0 saturated heterocycles. The largest absolute Gasteiger partial charge is 0.386 e. The molecule has 0 aromatic carbocycles. The van der Waals surface area contributed by atoms with E-state index in [1.807, 2.05) is 13.0 Å². The number of hydrogen-bond acceptors (Lipinski definition) is 4. The van der Waals surface area contributed by atoms with E-state index in [2.05, 4.69) is 11.9 Å². The van der Waals surface area contributed by atoms with Gasteiger partial charge in [0, 0.05) is 18.9 Å². The van der Waals surface area contributed by atoms with Gasteiger partial charge in [0.05, 0.1) is 6.10 Å². The van der Waals surface area contributed by atoms with Gasteiger partial charge in [0.25, 0.3) is 0 Å². The zero-order chi connectivity index (χ0) is 12.1. The lowest BCUT2D eigenvalue weighted by atomic mass is 9.98. The van der Waals surface area contributed by atoms with E-state index in [0.29, 0.717) is 11.4 Å². The van der Waals surface area contributed by atoms with Crippen LogP contribution < -0.4 is 5.73 Å². The van der Waals surface area contributed by atoms with Crippen LogP contribution in [0.2, 0.25) is 0 Å². The van der Waals surface area contributed by atoms with Crippen molar-refractivity contribution in [2.24, 2.45) is 0 Å². The minimum absolute atomic E-state index is 0.227. The average molecular weight is 224 g/mol. The maximum Gasteiger partial charge on any atom is 0.129 e. The molecular weight excluding hydrogens is 204 g/mol. The summed E-state index contributed by atoms with van der Waals surface area (Å²) >= 11 is 0. The molecule has 2 unspecified atom stereocenters. The molecular formula is C12H20N2O2. The molecule has 0 radical (unpaired) electrons.